The Bertz CT molecular complexity index is 277. The minimum Gasteiger partial charge on any atom is -0.347 e. The fraction of sp³-hybridized carbons (Fsp3) is 0.500. The van der Waals surface area contributed by atoms with Gasteiger partial charge >= 0.3 is 0 Å². The second kappa shape index (κ2) is 2.09. The van der Waals surface area contributed by atoms with Crippen LogP contribution in [0.2, 0.25) is 0 Å². The van der Waals surface area contributed by atoms with E-state index in [0.29, 0.717) is 0 Å². The molecule has 56 valence electrons. The van der Waals surface area contributed by atoms with Crippen LogP contribution in [0.15, 0.2) is 12.4 Å². The molecule has 0 atom stereocenters. The minimum atomic E-state index is -0.274. The number of hydrogen-bond donors (Lipinski definition) is 1. The van der Waals surface area contributed by atoms with E-state index in [4.69, 9.17) is 5.26 Å². The SMILES string of the molecule is N#CC1(c2ncc[nH]2)CCC1. The lowest BCUT2D eigenvalue weighted by Crippen LogP contribution is -2.33. The van der Waals surface area contributed by atoms with Gasteiger partial charge in [0.25, 0.3) is 0 Å². The molecule has 3 nitrogen and oxygen atoms in total. The molecule has 0 amide bonds. The van der Waals surface area contributed by atoms with Crippen molar-refractivity contribution in [1.82, 2.24) is 9.97 Å². The predicted molar refractivity (Wildman–Crippen MR) is 39.7 cm³/mol. The first-order valence-corrected chi connectivity index (χ1v) is 3.78. The van der Waals surface area contributed by atoms with Crippen LogP contribution < -0.4 is 0 Å². The molecule has 1 aliphatic rings. The summed E-state index contributed by atoms with van der Waals surface area (Å²) in [6.07, 6.45) is 6.53. The largest absolute Gasteiger partial charge is 0.347 e. The number of nitrogens with zero attached hydrogens (tertiary/aromatic N) is 2. The summed E-state index contributed by atoms with van der Waals surface area (Å²) < 4.78 is 0. The number of imidazole rings is 1. The van der Waals surface area contributed by atoms with Crippen LogP contribution >= 0.6 is 0 Å². The number of nitriles is 1. The van der Waals surface area contributed by atoms with Gasteiger partial charge in [0.15, 0.2) is 0 Å². The maximum Gasteiger partial charge on any atom is 0.126 e. The van der Waals surface area contributed by atoms with E-state index < -0.39 is 0 Å². The summed E-state index contributed by atoms with van der Waals surface area (Å²) in [6, 6.07) is 2.32. The van der Waals surface area contributed by atoms with E-state index >= 15 is 0 Å². The maximum absolute atomic E-state index is 8.90. The Morgan fingerprint density at radius 3 is 2.82 bits per heavy atom. The standard InChI is InChI=1S/C8H9N3/c9-6-8(2-1-3-8)7-10-4-5-11-7/h4-5H,1-3H2,(H,10,11). The zero-order chi connectivity index (χ0) is 7.73. The molecule has 0 bridgehead atoms. The highest BCUT2D eigenvalue weighted by Gasteiger charge is 2.41. The fourth-order valence-electron chi connectivity index (χ4n) is 1.46. The van der Waals surface area contributed by atoms with Crippen molar-refractivity contribution in [2.24, 2.45) is 0 Å². The minimum absolute atomic E-state index is 0.274. The maximum atomic E-state index is 8.90. The zero-order valence-corrected chi connectivity index (χ0v) is 6.17. The van der Waals surface area contributed by atoms with Crippen molar-refractivity contribution in [3.8, 4) is 6.07 Å². The van der Waals surface area contributed by atoms with E-state index in [2.05, 4.69) is 16.0 Å². The van der Waals surface area contributed by atoms with Crippen molar-refractivity contribution >= 4 is 0 Å². The molecule has 1 aromatic rings. The molecule has 0 spiro atoms. The first kappa shape index (κ1) is 6.41. The molecular formula is C8H9N3. The normalized spacial score (nSPS) is 20.3. The van der Waals surface area contributed by atoms with Crippen LogP contribution in [0, 0.1) is 11.3 Å². The van der Waals surface area contributed by atoms with E-state index in [-0.39, 0.29) is 5.41 Å². The molecule has 1 heterocycles. The molecule has 0 unspecified atom stereocenters. The molecule has 0 saturated heterocycles. The van der Waals surface area contributed by atoms with Gasteiger partial charge in [-0.25, -0.2) is 4.98 Å². The summed E-state index contributed by atoms with van der Waals surface area (Å²) in [5.74, 6) is 0.839. The first-order valence-electron chi connectivity index (χ1n) is 3.78. The Hall–Kier alpha value is -1.30. The van der Waals surface area contributed by atoms with Gasteiger partial charge in [-0.2, -0.15) is 5.26 Å². The molecule has 0 aliphatic heterocycles. The molecule has 0 aromatic carbocycles. The van der Waals surface area contributed by atoms with Crippen molar-refractivity contribution in [3.05, 3.63) is 18.2 Å². The van der Waals surface area contributed by atoms with E-state index in [1.165, 1.54) is 0 Å². The van der Waals surface area contributed by atoms with Crippen LogP contribution in [-0.2, 0) is 5.41 Å². The van der Waals surface area contributed by atoms with Crippen molar-refractivity contribution < 1.29 is 0 Å². The highest BCUT2D eigenvalue weighted by Crippen LogP contribution is 2.41. The van der Waals surface area contributed by atoms with Crippen LogP contribution in [0.5, 0.6) is 0 Å². The smallest absolute Gasteiger partial charge is 0.126 e. The lowest BCUT2D eigenvalue weighted by molar-refractivity contribution is 0.309. The Balaban J connectivity index is 2.34. The topological polar surface area (TPSA) is 52.5 Å². The number of hydrogen-bond acceptors (Lipinski definition) is 2. The van der Waals surface area contributed by atoms with Crippen LogP contribution in [0.4, 0.5) is 0 Å². The third-order valence-electron chi connectivity index (χ3n) is 2.37. The van der Waals surface area contributed by atoms with E-state index in [1.54, 1.807) is 12.4 Å². The number of aromatic nitrogens is 2. The molecule has 1 aromatic heterocycles. The average Bonchev–Trinajstić information content (AvgIpc) is 2.39. The average molecular weight is 147 g/mol. The van der Waals surface area contributed by atoms with E-state index in [0.717, 1.165) is 25.1 Å². The summed E-state index contributed by atoms with van der Waals surface area (Å²) >= 11 is 0. The molecule has 1 aliphatic carbocycles. The second-order valence-electron chi connectivity index (χ2n) is 2.99. The molecular weight excluding hydrogens is 138 g/mol. The number of aromatic amines is 1. The van der Waals surface area contributed by atoms with Gasteiger partial charge in [0.05, 0.1) is 6.07 Å². The third kappa shape index (κ3) is 0.758. The summed E-state index contributed by atoms with van der Waals surface area (Å²) in [5, 5.41) is 8.90. The monoisotopic (exact) mass is 147 g/mol. The van der Waals surface area contributed by atoms with Crippen LogP contribution in [0.1, 0.15) is 25.1 Å². The van der Waals surface area contributed by atoms with Crippen LogP contribution in [0.3, 0.4) is 0 Å². The van der Waals surface area contributed by atoms with Gasteiger partial charge < -0.3 is 4.98 Å². The van der Waals surface area contributed by atoms with Crippen LogP contribution in [0.25, 0.3) is 0 Å². The Morgan fingerprint density at radius 1 is 1.64 bits per heavy atom. The summed E-state index contributed by atoms with van der Waals surface area (Å²) in [6.45, 7) is 0. The highest BCUT2D eigenvalue weighted by atomic mass is 14.9. The molecule has 1 fully saturated rings. The Kier molecular flexibility index (Phi) is 1.22. The number of H-pyrrole nitrogens is 1. The van der Waals surface area contributed by atoms with Gasteiger partial charge in [0, 0.05) is 12.4 Å². The summed E-state index contributed by atoms with van der Waals surface area (Å²) in [5.41, 5.74) is -0.274. The van der Waals surface area contributed by atoms with Crippen molar-refractivity contribution in [2.75, 3.05) is 0 Å². The highest BCUT2D eigenvalue weighted by molar-refractivity contribution is 5.24. The zero-order valence-electron chi connectivity index (χ0n) is 6.17. The number of rotatable bonds is 1. The molecule has 0 radical (unpaired) electrons. The van der Waals surface area contributed by atoms with Gasteiger partial charge in [-0.3, -0.25) is 0 Å². The fourth-order valence-corrected chi connectivity index (χ4v) is 1.46. The molecule has 3 heteroatoms. The van der Waals surface area contributed by atoms with Crippen molar-refractivity contribution in [1.29, 1.82) is 5.26 Å². The summed E-state index contributed by atoms with van der Waals surface area (Å²) in [4.78, 5) is 7.10. The van der Waals surface area contributed by atoms with E-state index in [1.807, 2.05) is 0 Å². The first-order chi connectivity index (χ1) is 5.37. The molecule has 2 rings (SSSR count). The quantitative estimate of drug-likeness (QED) is 0.652. The van der Waals surface area contributed by atoms with Gasteiger partial charge in [-0.05, 0) is 19.3 Å². The molecule has 1 saturated carbocycles. The third-order valence-corrected chi connectivity index (χ3v) is 2.37. The Labute approximate surface area is 65.1 Å². The lowest BCUT2D eigenvalue weighted by atomic mass is 9.69. The Morgan fingerprint density at radius 2 is 2.45 bits per heavy atom. The van der Waals surface area contributed by atoms with E-state index in [9.17, 15) is 0 Å². The lowest BCUT2D eigenvalue weighted by Gasteiger charge is -2.32. The van der Waals surface area contributed by atoms with Gasteiger partial charge in [-0.15, -0.1) is 0 Å². The van der Waals surface area contributed by atoms with Gasteiger partial charge in [0.2, 0.25) is 0 Å². The van der Waals surface area contributed by atoms with Crippen LogP contribution in [-0.4, -0.2) is 9.97 Å². The molecule has 11 heavy (non-hydrogen) atoms. The van der Waals surface area contributed by atoms with Gasteiger partial charge in [-0.1, -0.05) is 0 Å². The second-order valence-corrected chi connectivity index (χ2v) is 2.99. The summed E-state index contributed by atoms with van der Waals surface area (Å²) in [7, 11) is 0. The predicted octanol–water partition coefficient (Wildman–Crippen LogP) is 1.35. The van der Waals surface area contributed by atoms with Gasteiger partial charge in [0.1, 0.15) is 11.2 Å². The van der Waals surface area contributed by atoms with Crippen molar-refractivity contribution in [3.63, 3.8) is 0 Å². The van der Waals surface area contributed by atoms with Crippen molar-refractivity contribution in [2.45, 2.75) is 24.7 Å². The number of nitrogens with one attached hydrogen (secondary N) is 1. The molecule has 1 N–H and O–H groups in total.